The molecule has 1 aromatic rings. The van der Waals surface area contributed by atoms with E-state index in [9.17, 15) is 10.1 Å². The second-order valence-electron chi connectivity index (χ2n) is 3.84. The molecule has 1 aromatic heterocycles. The molecule has 1 fully saturated rings. The minimum Gasteiger partial charge on any atom is -0.315 e. The molecule has 1 aliphatic heterocycles. The van der Waals surface area contributed by atoms with Crippen LogP contribution in [0.25, 0.3) is 0 Å². The number of rotatable bonds is 2. The highest BCUT2D eigenvalue weighted by atomic mass is 16.6. The van der Waals surface area contributed by atoms with E-state index in [0.717, 1.165) is 25.9 Å². The zero-order valence-electron chi connectivity index (χ0n) is 8.64. The van der Waals surface area contributed by atoms with E-state index in [1.165, 1.54) is 6.20 Å². The fourth-order valence-corrected chi connectivity index (χ4v) is 1.90. The van der Waals surface area contributed by atoms with E-state index < -0.39 is 0 Å². The topological polar surface area (TPSA) is 73.0 Å². The third kappa shape index (κ3) is 1.99. The number of hydrogen-bond acceptors (Lipinski definition) is 4. The van der Waals surface area contributed by atoms with Crippen LogP contribution in [-0.2, 0) is 0 Å². The highest BCUT2D eigenvalue weighted by molar-refractivity contribution is 5.31. The number of nitrogens with one attached hydrogen (secondary N) is 1. The molecule has 2 heterocycles. The standard InChI is InChI=1S/C9H14N4O2/c1-7-9(13(14)15)6-12(11-7)8-3-2-4-10-5-8/h6,8,10H,2-5H2,1H3. The van der Waals surface area contributed by atoms with E-state index in [-0.39, 0.29) is 16.7 Å². The molecule has 0 spiro atoms. The Kier molecular flexibility index (Phi) is 2.68. The average molecular weight is 210 g/mol. The second kappa shape index (κ2) is 3.98. The van der Waals surface area contributed by atoms with Crippen LogP contribution in [0.4, 0.5) is 5.69 Å². The number of nitro groups is 1. The monoisotopic (exact) mass is 210 g/mol. The first kappa shape index (κ1) is 10.1. The Hall–Kier alpha value is -1.43. The lowest BCUT2D eigenvalue weighted by Crippen LogP contribution is -2.31. The van der Waals surface area contributed by atoms with Crippen molar-refractivity contribution in [3.05, 3.63) is 22.0 Å². The second-order valence-corrected chi connectivity index (χ2v) is 3.84. The number of aryl methyl sites for hydroxylation is 1. The first-order valence-corrected chi connectivity index (χ1v) is 5.09. The van der Waals surface area contributed by atoms with Crippen molar-refractivity contribution in [2.45, 2.75) is 25.8 Å². The molecule has 1 unspecified atom stereocenters. The van der Waals surface area contributed by atoms with Crippen molar-refractivity contribution in [2.75, 3.05) is 13.1 Å². The van der Waals surface area contributed by atoms with Crippen LogP contribution in [0.3, 0.4) is 0 Å². The lowest BCUT2D eigenvalue weighted by atomic mass is 10.1. The maximum Gasteiger partial charge on any atom is 0.309 e. The van der Waals surface area contributed by atoms with Gasteiger partial charge in [0, 0.05) is 6.54 Å². The molecule has 0 aromatic carbocycles. The van der Waals surface area contributed by atoms with Gasteiger partial charge in [0.2, 0.25) is 0 Å². The minimum atomic E-state index is -0.380. The zero-order chi connectivity index (χ0) is 10.8. The van der Waals surface area contributed by atoms with Gasteiger partial charge in [-0.1, -0.05) is 0 Å². The maximum atomic E-state index is 10.7. The Morgan fingerprint density at radius 3 is 3.07 bits per heavy atom. The van der Waals surface area contributed by atoms with Crippen molar-refractivity contribution in [1.82, 2.24) is 15.1 Å². The largest absolute Gasteiger partial charge is 0.315 e. The zero-order valence-corrected chi connectivity index (χ0v) is 8.64. The summed E-state index contributed by atoms with van der Waals surface area (Å²) in [6.07, 6.45) is 3.66. The molecular weight excluding hydrogens is 196 g/mol. The van der Waals surface area contributed by atoms with Gasteiger partial charge in [-0.15, -0.1) is 0 Å². The van der Waals surface area contributed by atoms with Crippen molar-refractivity contribution < 1.29 is 4.92 Å². The predicted molar refractivity (Wildman–Crippen MR) is 54.8 cm³/mol. The Labute approximate surface area is 87.4 Å². The lowest BCUT2D eigenvalue weighted by Gasteiger charge is -2.22. The van der Waals surface area contributed by atoms with Crippen LogP contribution in [0.5, 0.6) is 0 Å². The predicted octanol–water partition coefficient (Wildman–Crippen LogP) is 1.02. The summed E-state index contributed by atoms with van der Waals surface area (Å²) in [5.74, 6) is 0. The number of hydrogen-bond donors (Lipinski definition) is 1. The average Bonchev–Trinajstić information content (AvgIpc) is 2.62. The highest BCUT2D eigenvalue weighted by Crippen LogP contribution is 2.21. The number of aromatic nitrogens is 2. The van der Waals surface area contributed by atoms with E-state index in [0.29, 0.717) is 5.69 Å². The first-order chi connectivity index (χ1) is 7.18. The third-order valence-corrected chi connectivity index (χ3v) is 2.73. The molecule has 6 nitrogen and oxygen atoms in total. The maximum absolute atomic E-state index is 10.7. The molecule has 1 saturated heterocycles. The summed E-state index contributed by atoms with van der Waals surface area (Å²) < 4.78 is 1.72. The van der Waals surface area contributed by atoms with Gasteiger partial charge in [-0.05, 0) is 26.3 Å². The van der Waals surface area contributed by atoms with Crippen molar-refractivity contribution >= 4 is 5.69 Å². The Bertz CT molecular complexity index is 368. The first-order valence-electron chi connectivity index (χ1n) is 5.09. The van der Waals surface area contributed by atoms with E-state index >= 15 is 0 Å². The molecule has 15 heavy (non-hydrogen) atoms. The van der Waals surface area contributed by atoms with Crippen LogP contribution in [0.15, 0.2) is 6.20 Å². The van der Waals surface area contributed by atoms with Crippen molar-refractivity contribution in [3.8, 4) is 0 Å². The molecule has 0 aliphatic carbocycles. The molecule has 1 aliphatic rings. The summed E-state index contributed by atoms with van der Waals surface area (Å²) in [4.78, 5) is 10.3. The van der Waals surface area contributed by atoms with Gasteiger partial charge in [0.15, 0.2) is 0 Å². The van der Waals surface area contributed by atoms with Gasteiger partial charge in [-0.2, -0.15) is 5.10 Å². The summed E-state index contributed by atoms with van der Waals surface area (Å²) in [6, 6.07) is 0.256. The van der Waals surface area contributed by atoms with Crippen LogP contribution in [0.2, 0.25) is 0 Å². The molecular formula is C9H14N4O2. The number of piperidine rings is 1. The van der Waals surface area contributed by atoms with Crippen LogP contribution >= 0.6 is 0 Å². The van der Waals surface area contributed by atoms with Gasteiger partial charge in [0.25, 0.3) is 0 Å². The summed E-state index contributed by atoms with van der Waals surface area (Å²) in [5.41, 5.74) is 0.603. The number of nitrogens with zero attached hydrogens (tertiary/aromatic N) is 3. The minimum absolute atomic E-state index is 0.112. The highest BCUT2D eigenvalue weighted by Gasteiger charge is 2.21. The molecule has 0 amide bonds. The van der Waals surface area contributed by atoms with Gasteiger partial charge in [-0.25, -0.2) is 0 Å². The van der Waals surface area contributed by atoms with Crippen molar-refractivity contribution in [3.63, 3.8) is 0 Å². The Morgan fingerprint density at radius 1 is 1.73 bits per heavy atom. The van der Waals surface area contributed by atoms with Crippen LogP contribution < -0.4 is 5.32 Å². The molecule has 2 rings (SSSR count). The normalized spacial score (nSPS) is 21.5. The van der Waals surface area contributed by atoms with Gasteiger partial charge in [0.05, 0.1) is 11.0 Å². The smallest absolute Gasteiger partial charge is 0.309 e. The molecule has 1 N–H and O–H groups in total. The Morgan fingerprint density at radius 2 is 2.53 bits per heavy atom. The van der Waals surface area contributed by atoms with Gasteiger partial charge < -0.3 is 5.32 Å². The fraction of sp³-hybridized carbons (Fsp3) is 0.667. The van der Waals surface area contributed by atoms with Crippen molar-refractivity contribution in [1.29, 1.82) is 0 Å². The molecule has 0 radical (unpaired) electrons. The van der Waals surface area contributed by atoms with Gasteiger partial charge in [-0.3, -0.25) is 14.8 Å². The Balaban J connectivity index is 2.21. The van der Waals surface area contributed by atoms with E-state index in [1.54, 1.807) is 11.6 Å². The molecule has 1 atom stereocenters. The van der Waals surface area contributed by atoms with Crippen LogP contribution in [0, 0.1) is 17.0 Å². The van der Waals surface area contributed by atoms with Crippen LogP contribution in [0.1, 0.15) is 24.6 Å². The third-order valence-electron chi connectivity index (χ3n) is 2.73. The van der Waals surface area contributed by atoms with E-state index in [1.807, 2.05) is 0 Å². The molecule has 0 bridgehead atoms. The summed E-state index contributed by atoms with van der Waals surface area (Å²) in [5, 5.41) is 18.1. The summed E-state index contributed by atoms with van der Waals surface area (Å²) in [6.45, 7) is 3.54. The molecule has 0 saturated carbocycles. The van der Waals surface area contributed by atoms with Crippen LogP contribution in [-0.4, -0.2) is 27.8 Å². The van der Waals surface area contributed by atoms with Gasteiger partial charge in [0.1, 0.15) is 11.9 Å². The SMILES string of the molecule is Cc1nn(C2CCCNC2)cc1[N+](=O)[O-]. The van der Waals surface area contributed by atoms with Gasteiger partial charge >= 0.3 is 5.69 Å². The summed E-state index contributed by atoms with van der Waals surface area (Å²) in [7, 11) is 0. The molecule has 82 valence electrons. The summed E-state index contributed by atoms with van der Waals surface area (Å²) >= 11 is 0. The van der Waals surface area contributed by atoms with E-state index in [4.69, 9.17) is 0 Å². The van der Waals surface area contributed by atoms with E-state index in [2.05, 4.69) is 10.4 Å². The lowest BCUT2D eigenvalue weighted by molar-refractivity contribution is -0.385. The quantitative estimate of drug-likeness (QED) is 0.584. The fourth-order valence-electron chi connectivity index (χ4n) is 1.90. The molecule has 6 heteroatoms. The van der Waals surface area contributed by atoms with Crippen molar-refractivity contribution in [2.24, 2.45) is 0 Å².